The monoisotopic (exact) mass is 233 g/mol. The van der Waals surface area contributed by atoms with E-state index in [1.54, 1.807) is 13.8 Å². The molecule has 0 rings (SSSR count). The number of methoxy groups -OCH3 is 2. The van der Waals surface area contributed by atoms with Crippen LogP contribution in [-0.4, -0.2) is 48.4 Å². The maximum absolute atomic E-state index is 11.3. The van der Waals surface area contributed by atoms with Gasteiger partial charge in [0.05, 0.1) is 14.2 Å². The zero-order chi connectivity index (χ0) is 12.9. The molecular formula is C9H15NO6. The van der Waals surface area contributed by atoms with Gasteiger partial charge in [-0.3, -0.25) is 0 Å². The van der Waals surface area contributed by atoms with E-state index in [4.69, 9.17) is 5.11 Å². The average molecular weight is 233 g/mol. The number of amides is 2. The van der Waals surface area contributed by atoms with Crippen LogP contribution < -0.4 is 0 Å². The van der Waals surface area contributed by atoms with Crippen molar-refractivity contribution in [3.63, 3.8) is 0 Å². The van der Waals surface area contributed by atoms with Gasteiger partial charge in [0, 0.05) is 0 Å². The summed E-state index contributed by atoms with van der Waals surface area (Å²) in [6.45, 7) is 3.13. The second kappa shape index (κ2) is 5.94. The molecular weight excluding hydrogens is 218 g/mol. The number of aliphatic carboxylic acids is 1. The summed E-state index contributed by atoms with van der Waals surface area (Å²) >= 11 is 0. The van der Waals surface area contributed by atoms with Crippen molar-refractivity contribution < 1.29 is 29.0 Å². The van der Waals surface area contributed by atoms with E-state index >= 15 is 0 Å². The highest BCUT2D eigenvalue weighted by molar-refractivity contribution is 5.93. The lowest BCUT2D eigenvalue weighted by atomic mass is 10.0. The first-order chi connectivity index (χ1) is 7.36. The Hall–Kier alpha value is -1.79. The molecule has 92 valence electrons. The highest BCUT2D eigenvalue weighted by Crippen LogP contribution is 2.14. The number of carbonyl (C=O) groups is 3. The number of rotatable bonds is 3. The highest BCUT2D eigenvalue weighted by atomic mass is 16.6. The van der Waals surface area contributed by atoms with Crippen LogP contribution in [0, 0.1) is 5.92 Å². The first-order valence-corrected chi connectivity index (χ1v) is 4.54. The molecule has 0 aliphatic carbocycles. The van der Waals surface area contributed by atoms with Crippen molar-refractivity contribution in [2.24, 2.45) is 5.92 Å². The van der Waals surface area contributed by atoms with E-state index in [-0.39, 0.29) is 0 Å². The van der Waals surface area contributed by atoms with Gasteiger partial charge in [-0.15, -0.1) is 0 Å². The average Bonchev–Trinajstić information content (AvgIpc) is 2.22. The highest BCUT2D eigenvalue weighted by Gasteiger charge is 2.38. The van der Waals surface area contributed by atoms with Crippen LogP contribution in [0.2, 0.25) is 0 Å². The molecule has 0 heterocycles. The summed E-state index contributed by atoms with van der Waals surface area (Å²) in [6, 6.07) is -1.32. The fourth-order valence-electron chi connectivity index (χ4n) is 1.19. The van der Waals surface area contributed by atoms with Crippen molar-refractivity contribution in [2.75, 3.05) is 14.2 Å². The van der Waals surface area contributed by atoms with Gasteiger partial charge >= 0.3 is 18.2 Å². The smallest absolute Gasteiger partial charge is 0.419 e. The molecule has 0 saturated heterocycles. The molecule has 2 amide bonds. The molecule has 1 unspecified atom stereocenters. The third-order valence-corrected chi connectivity index (χ3v) is 1.91. The van der Waals surface area contributed by atoms with Crippen molar-refractivity contribution in [2.45, 2.75) is 19.9 Å². The minimum atomic E-state index is -1.32. The zero-order valence-electron chi connectivity index (χ0n) is 9.59. The lowest BCUT2D eigenvalue weighted by Crippen LogP contribution is -2.51. The largest absolute Gasteiger partial charge is 0.480 e. The van der Waals surface area contributed by atoms with Gasteiger partial charge in [0.25, 0.3) is 0 Å². The normalized spacial score (nSPS) is 11.8. The molecule has 0 bridgehead atoms. The summed E-state index contributed by atoms with van der Waals surface area (Å²) in [5.74, 6) is -1.76. The van der Waals surface area contributed by atoms with Crippen LogP contribution in [0.15, 0.2) is 0 Å². The number of ether oxygens (including phenoxy) is 2. The molecule has 1 N–H and O–H groups in total. The van der Waals surface area contributed by atoms with E-state index in [2.05, 4.69) is 9.47 Å². The minimum Gasteiger partial charge on any atom is -0.480 e. The van der Waals surface area contributed by atoms with E-state index in [9.17, 15) is 14.4 Å². The van der Waals surface area contributed by atoms with Crippen LogP contribution in [-0.2, 0) is 14.3 Å². The van der Waals surface area contributed by atoms with Crippen molar-refractivity contribution >= 4 is 18.2 Å². The lowest BCUT2D eigenvalue weighted by Gasteiger charge is -2.26. The first-order valence-electron chi connectivity index (χ1n) is 4.54. The van der Waals surface area contributed by atoms with E-state index in [1.807, 2.05) is 0 Å². The Balaban J connectivity index is 5.20. The molecule has 0 aromatic rings. The van der Waals surface area contributed by atoms with Crippen molar-refractivity contribution in [3.8, 4) is 0 Å². The Morgan fingerprint density at radius 3 is 1.62 bits per heavy atom. The van der Waals surface area contributed by atoms with Gasteiger partial charge in [-0.25, -0.2) is 14.4 Å². The fourth-order valence-corrected chi connectivity index (χ4v) is 1.19. The third kappa shape index (κ3) is 3.11. The summed E-state index contributed by atoms with van der Waals surface area (Å²) < 4.78 is 8.68. The maximum Gasteiger partial charge on any atom is 0.419 e. The number of imide groups is 1. The molecule has 16 heavy (non-hydrogen) atoms. The van der Waals surface area contributed by atoms with Gasteiger partial charge in [0.15, 0.2) is 0 Å². The quantitative estimate of drug-likeness (QED) is 0.779. The predicted molar refractivity (Wildman–Crippen MR) is 52.9 cm³/mol. The van der Waals surface area contributed by atoms with E-state index in [0.29, 0.717) is 4.90 Å². The second-order valence-corrected chi connectivity index (χ2v) is 3.34. The molecule has 1 atom stereocenters. The molecule has 0 aliphatic rings. The van der Waals surface area contributed by atoms with E-state index < -0.39 is 30.1 Å². The molecule has 0 aromatic heterocycles. The fraction of sp³-hybridized carbons (Fsp3) is 0.667. The number of hydrogen-bond donors (Lipinski definition) is 1. The third-order valence-electron chi connectivity index (χ3n) is 1.91. The Morgan fingerprint density at radius 1 is 1.06 bits per heavy atom. The van der Waals surface area contributed by atoms with Gasteiger partial charge in [0.2, 0.25) is 0 Å². The Kier molecular flexibility index (Phi) is 5.27. The lowest BCUT2D eigenvalue weighted by molar-refractivity contribution is -0.143. The molecule has 7 heteroatoms. The maximum atomic E-state index is 11.3. The van der Waals surface area contributed by atoms with Crippen molar-refractivity contribution in [3.05, 3.63) is 0 Å². The second-order valence-electron chi connectivity index (χ2n) is 3.34. The van der Waals surface area contributed by atoms with Gasteiger partial charge in [0.1, 0.15) is 6.04 Å². The predicted octanol–water partition coefficient (Wildman–Crippen LogP) is 0.930. The Morgan fingerprint density at radius 2 is 1.44 bits per heavy atom. The molecule has 0 saturated carbocycles. The minimum absolute atomic E-state index is 0.438. The van der Waals surface area contributed by atoms with Gasteiger partial charge in [-0.05, 0) is 5.92 Å². The molecule has 0 fully saturated rings. The molecule has 7 nitrogen and oxygen atoms in total. The van der Waals surface area contributed by atoms with Gasteiger partial charge in [-0.2, -0.15) is 4.90 Å². The van der Waals surface area contributed by atoms with Crippen LogP contribution in [0.25, 0.3) is 0 Å². The zero-order valence-corrected chi connectivity index (χ0v) is 9.59. The Labute approximate surface area is 92.9 Å². The number of nitrogens with zero attached hydrogens (tertiary/aromatic N) is 1. The van der Waals surface area contributed by atoms with Crippen LogP contribution in [0.3, 0.4) is 0 Å². The van der Waals surface area contributed by atoms with Crippen LogP contribution >= 0.6 is 0 Å². The summed E-state index contributed by atoms with van der Waals surface area (Å²) in [5, 5.41) is 8.95. The molecule has 0 aromatic carbocycles. The number of carboxylic acid groups (broad SMARTS) is 1. The van der Waals surface area contributed by atoms with Crippen LogP contribution in [0.4, 0.5) is 9.59 Å². The molecule has 0 aliphatic heterocycles. The van der Waals surface area contributed by atoms with Gasteiger partial charge < -0.3 is 14.6 Å². The standard InChI is InChI=1S/C9H15NO6/c1-5(2)6(7(11)12)10(8(13)15-3)9(14)16-4/h5-6H,1-4H3,(H,11,12). The summed E-state index contributed by atoms with van der Waals surface area (Å²) in [7, 11) is 2.11. The topological polar surface area (TPSA) is 93.1 Å². The molecule has 0 spiro atoms. The van der Waals surface area contributed by atoms with Crippen LogP contribution in [0.5, 0.6) is 0 Å². The van der Waals surface area contributed by atoms with Crippen molar-refractivity contribution in [1.29, 1.82) is 0 Å². The summed E-state index contributed by atoms with van der Waals surface area (Å²) in [6.07, 6.45) is -2.12. The van der Waals surface area contributed by atoms with E-state index in [1.165, 1.54) is 0 Å². The SMILES string of the molecule is COC(=O)N(C(=O)OC)C(C(=O)O)C(C)C. The number of carbonyl (C=O) groups excluding carboxylic acids is 2. The molecule has 0 radical (unpaired) electrons. The summed E-state index contributed by atoms with van der Waals surface area (Å²) in [5.41, 5.74) is 0. The number of carboxylic acids is 1. The summed E-state index contributed by atoms with van der Waals surface area (Å²) in [4.78, 5) is 34.0. The number of hydrogen-bond acceptors (Lipinski definition) is 5. The van der Waals surface area contributed by atoms with Crippen molar-refractivity contribution in [1.82, 2.24) is 4.90 Å². The first kappa shape index (κ1) is 14.2. The van der Waals surface area contributed by atoms with Crippen LogP contribution in [0.1, 0.15) is 13.8 Å². The van der Waals surface area contributed by atoms with Gasteiger partial charge in [-0.1, -0.05) is 13.8 Å². The Bertz CT molecular complexity index is 272. The van der Waals surface area contributed by atoms with E-state index in [0.717, 1.165) is 14.2 Å².